The van der Waals surface area contributed by atoms with E-state index in [1.807, 2.05) is 80.6 Å². The van der Waals surface area contributed by atoms with Crippen molar-refractivity contribution in [1.82, 2.24) is 4.90 Å². The number of hydrogen-bond acceptors (Lipinski definition) is 5. The standard InChI is InChI=1S/C31H25ClN2O4S/c1-19-7-8-20(2)26(15-19)33-29(35)17-34-30(36)28(39-31(34)37)16-25-24-6-4-3-5-22(24)11-14-27(25)38-18-21-9-12-23(32)13-10-21/h3-16H,17-18H2,1-2H3,(H,33,35)/b28-16+. The number of fused-ring (bicyclic) bond motifs is 1. The Morgan fingerprint density at radius 2 is 1.77 bits per heavy atom. The molecule has 0 radical (unpaired) electrons. The van der Waals surface area contributed by atoms with Gasteiger partial charge in [-0.25, -0.2) is 0 Å². The molecule has 4 aromatic carbocycles. The fraction of sp³-hybridized carbons (Fsp3) is 0.129. The number of nitrogens with one attached hydrogen (secondary N) is 1. The second kappa shape index (κ2) is 11.4. The number of rotatable bonds is 7. The Labute approximate surface area is 235 Å². The van der Waals surface area contributed by atoms with Gasteiger partial charge in [0, 0.05) is 16.3 Å². The van der Waals surface area contributed by atoms with Gasteiger partial charge in [-0.15, -0.1) is 0 Å². The maximum atomic E-state index is 13.3. The Bertz CT molecular complexity index is 1630. The number of thioether (sulfide) groups is 1. The zero-order valence-corrected chi connectivity index (χ0v) is 22.9. The summed E-state index contributed by atoms with van der Waals surface area (Å²) in [5.74, 6) is -0.384. The number of anilines is 1. The predicted octanol–water partition coefficient (Wildman–Crippen LogP) is 7.36. The van der Waals surface area contributed by atoms with Gasteiger partial charge in [0.25, 0.3) is 11.1 Å². The summed E-state index contributed by atoms with van der Waals surface area (Å²) in [6, 6.07) is 24.6. The molecule has 39 heavy (non-hydrogen) atoms. The highest BCUT2D eigenvalue weighted by atomic mass is 35.5. The van der Waals surface area contributed by atoms with Crippen molar-refractivity contribution in [2.24, 2.45) is 0 Å². The highest BCUT2D eigenvalue weighted by Gasteiger charge is 2.36. The van der Waals surface area contributed by atoms with Gasteiger partial charge in [-0.2, -0.15) is 0 Å². The minimum absolute atomic E-state index is 0.229. The lowest BCUT2D eigenvalue weighted by molar-refractivity contribution is -0.127. The number of hydrogen-bond donors (Lipinski definition) is 1. The van der Waals surface area contributed by atoms with E-state index in [1.54, 1.807) is 18.2 Å². The lowest BCUT2D eigenvalue weighted by Crippen LogP contribution is -2.36. The SMILES string of the molecule is Cc1ccc(C)c(NC(=O)CN2C(=O)S/C(=C/c3c(OCc4ccc(Cl)cc4)ccc4ccccc34)C2=O)c1. The average Bonchev–Trinajstić information content (AvgIpc) is 3.18. The van der Waals surface area contributed by atoms with E-state index in [-0.39, 0.29) is 11.4 Å². The van der Waals surface area contributed by atoms with Gasteiger partial charge in [-0.1, -0.05) is 66.2 Å². The van der Waals surface area contributed by atoms with Crippen molar-refractivity contribution in [2.75, 3.05) is 11.9 Å². The summed E-state index contributed by atoms with van der Waals surface area (Å²) < 4.78 is 6.15. The molecule has 5 rings (SSSR count). The van der Waals surface area contributed by atoms with E-state index in [9.17, 15) is 14.4 Å². The lowest BCUT2D eigenvalue weighted by Gasteiger charge is -2.14. The number of ether oxygens (including phenoxy) is 1. The maximum Gasteiger partial charge on any atom is 0.294 e. The molecule has 1 heterocycles. The van der Waals surface area contributed by atoms with E-state index >= 15 is 0 Å². The first-order chi connectivity index (χ1) is 18.8. The van der Waals surface area contributed by atoms with Gasteiger partial charge in [-0.05, 0) is 83.4 Å². The molecular weight excluding hydrogens is 532 g/mol. The smallest absolute Gasteiger partial charge is 0.294 e. The molecule has 1 aliphatic rings. The molecule has 196 valence electrons. The molecule has 1 aliphatic heterocycles. The van der Waals surface area contributed by atoms with Gasteiger partial charge >= 0.3 is 0 Å². The zero-order chi connectivity index (χ0) is 27.5. The third-order valence-electron chi connectivity index (χ3n) is 6.36. The van der Waals surface area contributed by atoms with Crippen molar-refractivity contribution in [1.29, 1.82) is 0 Å². The van der Waals surface area contributed by atoms with Crippen LogP contribution in [0.25, 0.3) is 16.8 Å². The number of carbonyl (C=O) groups is 3. The van der Waals surface area contributed by atoms with Crippen molar-refractivity contribution in [3.63, 3.8) is 0 Å². The normalized spacial score (nSPS) is 14.3. The van der Waals surface area contributed by atoms with E-state index in [0.29, 0.717) is 28.6 Å². The van der Waals surface area contributed by atoms with Crippen LogP contribution in [0.3, 0.4) is 0 Å². The molecule has 6 nitrogen and oxygen atoms in total. The molecule has 0 atom stereocenters. The van der Waals surface area contributed by atoms with Gasteiger partial charge in [0.1, 0.15) is 18.9 Å². The monoisotopic (exact) mass is 556 g/mol. The van der Waals surface area contributed by atoms with Crippen LogP contribution in [0.1, 0.15) is 22.3 Å². The van der Waals surface area contributed by atoms with E-state index < -0.39 is 17.1 Å². The minimum Gasteiger partial charge on any atom is -0.488 e. The van der Waals surface area contributed by atoms with Crippen LogP contribution in [-0.2, 0) is 16.2 Å². The number of aryl methyl sites for hydroxylation is 2. The molecule has 0 aromatic heterocycles. The van der Waals surface area contributed by atoms with Gasteiger partial charge in [0.05, 0.1) is 4.91 Å². The minimum atomic E-state index is -0.516. The third-order valence-corrected chi connectivity index (χ3v) is 7.52. The first kappa shape index (κ1) is 26.5. The van der Waals surface area contributed by atoms with Gasteiger partial charge in [0.2, 0.25) is 5.91 Å². The molecule has 3 amide bonds. The van der Waals surface area contributed by atoms with Crippen LogP contribution in [0, 0.1) is 13.8 Å². The van der Waals surface area contributed by atoms with Crippen LogP contribution >= 0.6 is 23.4 Å². The fourth-order valence-electron chi connectivity index (χ4n) is 4.26. The van der Waals surface area contributed by atoms with E-state index in [0.717, 1.165) is 44.1 Å². The van der Waals surface area contributed by atoms with Gasteiger partial charge in [0.15, 0.2) is 0 Å². The molecule has 0 bridgehead atoms. The number of imide groups is 1. The molecule has 0 saturated carbocycles. The first-order valence-electron chi connectivity index (χ1n) is 12.3. The summed E-state index contributed by atoms with van der Waals surface area (Å²) in [4.78, 5) is 40.0. The number of carbonyl (C=O) groups excluding carboxylic acids is 3. The molecule has 0 unspecified atom stereocenters. The van der Waals surface area contributed by atoms with Crippen LogP contribution in [0.5, 0.6) is 5.75 Å². The van der Waals surface area contributed by atoms with Crippen molar-refractivity contribution < 1.29 is 19.1 Å². The summed E-state index contributed by atoms with van der Waals surface area (Å²) in [6.45, 7) is 3.74. The third kappa shape index (κ3) is 6.00. The van der Waals surface area contributed by atoms with Crippen molar-refractivity contribution in [2.45, 2.75) is 20.5 Å². The first-order valence-corrected chi connectivity index (χ1v) is 13.5. The molecule has 8 heteroatoms. The zero-order valence-electron chi connectivity index (χ0n) is 21.4. The maximum absolute atomic E-state index is 13.3. The largest absolute Gasteiger partial charge is 0.488 e. The average molecular weight is 557 g/mol. The highest BCUT2D eigenvalue weighted by Crippen LogP contribution is 2.37. The van der Waals surface area contributed by atoms with E-state index in [2.05, 4.69) is 5.32 Å². The van der Waals surface area contributed by atoms with Crippen molar-refractivity contribution >= 4 is 63.0 Å². The van der Waals surface area contributed by atoms with Crippen molar-refractivity contribution in [3.05, 3.63) is 111 Å². The quantitative estimate of drug-likeness (QED) is 0.241. The topological polar surface area (TPSA) is 75.7 Å². The molecule has 4 aromatic rings. The van der Waals surface area contributed by atoms with Crippen molar-refractivity contribution in [3.8, 4) is 5.75 Å². The Kier molecular flexibility index (Phi) is 7.72. The Morgan fingerprint density at radius 1 is 1.00 bits per heavy atom. The summed E-state index contributed by atoms with van der Waals surface area (Å²) in [5, 5.41) is 4.81. The Balaban J connectivity index is 1.40. The molecule has 1 fully saturated rings. The lowest BCUT2D eigenvalue weighted by atomic mass is 10.0. The molecular formula is C31H25ClN2O4S. The second-order valence-corrected chi connectivity index (χ2v) is 10.7. The summed E-state index contributed by atoms with van der Waals surface area (Å²) in [5.41, 5.74) is 4.17. The molecule has 1 N–H and O–H groups in total. The van der Waals surface area contributed by atoms with Crippen LogP contribution in [0.15, 0.2) is 83.8 Å². The summed E-state index contributed by atoms with van der Waals surface area (Å²) in [7, 11) is 0. The fourth-order valence-corrected chi connectivity index (χ4v) is 5.21. The Morgan fingerprint density at radius 3 is 2.56 bits per heavy atom. The summed E-state index contributed by atoms with van der Waals surface area (Å²) >= 11 is 6.81. The molecule has 1 saturated heterocycles. The van der Waals surface area contributed by atoms with Crippen LogP contribution in [-0.4, -0.2) is 28.5 Å². The van der Waals surface area contributed by atoms with Gasteiger partial charge in [-0.3, -0.25) is 19.3 Å². The molecule has 0 aliphatic carbocycles. The predicted molar refractivity (Wildman–Crippen MR) is 157 cm³/mol. The summed E-state index contributed by atoms with van der Waals surface area (Å²) in [6.07, 6.45) is 1.67. The van der Waals surface area contributed by atoms with Crippen LogP contribution < -0.4 is 10.1 Å². The van der Waals surface area contributed by atoms with Crippen LogP contribution in [0.4, 0.5) is 10.5 Å². The highest BCUT2D eigenvalue weighted by molar-refractivity contribution is 8.18. The van der Waals surface area contributed by atoms with E-state index in [4.69, 9.17) is 16.3 Å². The van der Waals surface area contributed by atoms with Crippen LogP contribution in [0.2, 0.25) is 5.02 Å². The molecule has 0 spiro atoms. The number of halogens is 1. The number of nitrogens with zero attached hydrogens (tertiary/aromatic N) is 1. The number of amides is 3. The van der Waals surface area contributed by atoms with Gasteiger partial charge < -0.3 is 10.1 Å². The van der Waals surface area contributed by atoms with E-state index in [1.165, 1.54) is 0 Å². The number of benzene rings is 4. The second-order valence-electron chi connectivity index (χ2n) is 9.25. The Hall–Kier alpha value is -4.07.